The molecule has 0 saturated carbocycles. The lowest BCUT2D eigenvalue weighted by Gasteiger charge is -2.10. The molecule has 0 heterocycles. The predicted octanol–water partition coefficient (Wildman–Crippen LogP) is 3.93. The van der Waals surface area contributed by atoms with Crippen molar-refractivity contribution in [3.05, 3.63) is 39.9 Å². The Kier molecular flexibility index (Phi) is 6.64. The van der Waals surface area contributed by atoms with Crippen molar-refractivity contribution < 1.29 is 9.53 Å². The van der Waals surface area contributed by atoms with Gasteiger partial charge in [0.15, 0.2) is 0 Å². The smallest absolute Gasteiger partial charge is 0.333 e. The summed E-state index contributed by atoms with van der Waals surface area (Å²) in [5.41, 5.74) is 3.05. The fraction of sp³-hybridized carbons (Fsp3) is 0.400. The summed E-state index contributed by atoms with van der Waals surface area (Å²) >= 11 is 3.47. The van der Waals surface area contributed by atoms with Crippen LogP contribution in [0.5, 0.6) is 0 Å². The fourth-order valence-electron chi connectivity index (χ4n) is 1.81. The maximum absolute atomic E-state index is 11.4. The van der Waals surface area contributed by atoms with Gasteiger partial charge < -0.3 is 10.1 Å². The maximum Gasteiger partial charge on any atom is 0.333 e. The Labute approximate surface area is 123 Å². The standard InChI is InChI=1S/C15H20BrNO2/c1-4-11(15(18)19-3)8-9-17-14-7-6-13(16)10-12(14)5-2/h6-8,10,17H,4-5,9H2,1-3H3/b11-8-. The van der Waals surface area contributed by atoms with Crippen molar-refractivity contribution in [3.63, 3.8) is 0 Å². The van der Waals surface area contributed by atoms with Gasteiger partial charge in [-0.15, -0.1) is 0 Å². The average molecular weight is 326 g/mol. The zero-order valence-electron chi connectivity index (χ0n) is 11.6. The highest BCUT2D eigenvalue weighted by Gasteiger charge is 2.06. The highest BCUT2D eigenvalue weighted by Crippen LogP contribution is 2.21. The van der Waals surface area contributed by atoms with Crippen LogP contribution >= 0.6 is 15.9 Å². The van der Waals surface area contributed by atoms with Crippen LogP contribution in [0.15, 0.2) is 34.3 Å². The summed E-state index contributed by atoms with van der Waals surface area (Å²) in [6.07, 6.45) is 3.52. The van der Waals surface area contributed by atoms with Crippen LogP contribution in [-0.4, -0.2) is 19.6 Å². The van der Waals surface area contributed by atoms with Crippen LogP contribution in [0.25, 0.3) is 0 Å². The zero-order chi connectivity index (χ0) is 14.3. The first-order valence-electron chi connectivity index (χ1n) is 6.42. The molecule has 0 fully saturated rings. The molecule has 0 unspecified atom stereocenters. The first kappa shape index (κ1) is 15.8. The van der Waals surface area contributed by atoms with Crippen molar-refractivity contribution in [2.75, 3.05) is 19.0 Å². The summed E-state index contributed by atoms with van der Waals surface area (Å²) in [6.45, 7) is 4.68. The number of halogens is 1. The quantitative estimate of drug-likeness (QED) is 0.636. The van der Waals surface area contributed by atoms with Gasteiger partial charge in [-0.05, 0) is 36.6 Å². The van der Waals surface area contributed by atoms with Gasteiger partial charge >= 0.3 is 5.97 Å². The minimum absolute atomic E-state index is 0.254. The number of carbonyl (C=O) groups is 1. The van der Waals surface area contributed by atoms with Crippen LogP contribution in [-0.2, 0) is 16.0 Å². The normalized spacial score (nSPS) is 11.3. The number of rotatable bonds is 6. The first-order valence-corrected chi connectivity index (χ1v) is 7.21. The summed E-state index contributed by atoms with van der Waals surface area (Å²) in [6, 6.07) is 6.15. The molecular formula is C15H20BrNO2. The molecule has 3 nitrogen and oxygen atoms in total. The number of nitrogens with one attached hydrogen (secondary N) is 1. The van der Waals surface area contributed by atoms with E-state index in [9.17, 15) is 4.79 Å². The number of aryl methyl sites for hydroxylation is 1. The summed E-state index contributed by atoms with van der Waals surface area (Å²) in [5, 5.41) is 3.33. The van der Waals surface area contributed by atoms with Gasteiger partial charge in [-0.1, -0.05) is 35.9 Å². The van der Waals surface area contributed by atoms with E-state index < -0.39 is 0 Å². The van der Waals surface area contributed by atoms with E-state index in [2.05, 4.69) is 34.2 Å². The molecule has 0 aliphatic carbocycles. The Hall–Kier alpha value is -1.29. The van der Waals surface area contributed by atoms with Crippen molar-refractivity contribution >= 4 is 27.6 Å². The summed E-state index contributed by atoms with van der Waals surface area (Å²) in [5.74, 6) is -0.254. The fourth-order valence-corrected chi connectivity index (χ4v) is 2.22. The first-order chi connectivity index (χ1) is 9.12. The molecule has 1 aromatic carbocycles. The molecule has 0 aliphatic rings. The van der Waals surface area contributed by atoms with Crippen molar-refractivity contribution in [1.29, 1.82) is 0 Å². The van der Waals surface area contributed by atoms with Crippen LogP contribution in [0.4, 0.5) is 5.69 Å². The molecule has 0 aliphatic heterocycles. The van der Waals surface area contributed by atoms with Crippen molar-refractivity contribution in [2.45, 2.75) is 26.7 Å². The van der Waals surface area contributed by atoms with E-state index in [1.165, 1.54) is 12.7 Å². The second-order valence-corrected chi connectivity index (χ2v) is 5.03. The van der Waals surface area contributed by atoms with Crippen LogP contribution in [0.3, 0.4) is 0 Å². The maximum atomic E-state index is 11.4. The van der Waals surface area contributed by atoms with Crippen molar-refractivity contribution in [3.8, 4) is 0 Å². The third kappa shape index (κ3) is 4.71. The zero-order valence-corrected chi connectivity index (χ0v) is 13.2. The molecular weight excluding hydrogens is 306 g/mol. The minimum Gasteiger partial charge on any atom is -0.466 e. The van der Waals surface area contributed by atoms with Gasteiger partial charge in [-0.25, -0.2) is 4.79 Å². The number of ether oxygens (including phenoxy) is 1. The van der Waals surface area contributed by atoms with Gasteiger partial charge in [0.1, 0.15) is 0 Å². The highest BCUT2D eigenvalue weighted by molar-refractivity contribution is 9.10. The Morgan fingerprint density at radius 3 is 2.74 bits per heavy atom. The number of hydrogen-bond acceptors (Lipinski definition) is 3. The number of esters is 1. The number of methoxy groups -OCH3 is 1. The molecule has 0 radical (unpaired) electrons. The van der Waals surface area contributed by atoms with Crippen molar-refractivity contribution in [1.82, 2.24) is 0 Å². The third-order valence-electron chi connectivity index (χ3n) is 2.92. The molecule has 104 valence electrons. The predicted molar refractivity (Wildman–Crippen MR) is 82.4 cm³/mol. The van der Waals surface area contributed by atoms with Gasteiger partial charge in [0, 0.05) is 22.3 Å². The van der Waals surface area contributed by atoms with E-state index in [1.54, 1.807) is 0 Å². The molecule has 1 rings (SSSR count). The molecule has 0 saturated heterocycles. The van der Waals surface area contributed by atoms with Gasteiger partial charge in [0.2, 0.25) is 0 Å². The van der Waals surface area contributed by atoms with Crippen LogP contribution in [0, 0.1) is 0 Å². The Bertz CT molecular complexity index is 469. The summed E-state index contributed by atoms with van der Waals surface area (Å²) in [7, 11) is 1.41. The lowest BCUT2D eigenvalue weighted by Crippen LogP contribution is -2.08. The van der Waals surface area contributed by atoms with Crippen molar-refractivity contribution in [2.24, 2.45) is 0 Å². The van der Waals surface area contributed by atoms with E-state index in [1.807, 2.05) is 25.1 Å². The molecule has 0 aromatic heterocycles. The van der Waals surface area contributed by atoms with Crippen LogP contribution in [0.2, 0.25) is 0 Å². The van der Waals surface area contributed by atoms with Gasteiger partial charge in [-0.3, -0.25) is 0 Å². The van der Waals surface area contributed by atoms with Crippen LogP contribution < -0.4 is 5.32 Å². The van der Waals surface area contributed by atoms with E-state index in [0.717, 1.165) is 16.6 Å². The number of carbonyl (C=O) groups excluding carboxylic acids is 1. The second kappa shape index (κ2) is 8.00. The summed E-state index contributed by atoms with van der Waals surface area (Å²) in [4.78, 5) is 11.4. The van der Waals surface area contributed by atoms with Gasteiger partial charge in [0.05, 0.1) is 7.11 Å². The monoisotopic (exact) mass is 325 g/mol. The molecule has 1 aromatic rings. The Morgan fingerprint density at radius 1 is 1.42 bits per heavy atom. The molecule has 19 heavy (non-hydrogen) atoms. The SMILES string of the molecule is CC/C(=C/CNc1ccc(Br)cc1CC)C(=O)OC. The Balaban J connectivity index is 2.71. The van der Waals surface area contributed by atoms with E-state index in [-0.39, 0.29) is 5.97 Å². The number of benzene rings is 1. The van der Waals surface area contributed by atoms with E-state index >= 15 is 0 Å². The molecule has 0 bridgehead atoms. The lowest BCUT2D eigenvalue weighted by atomic mass is 10.1. The molecule has 1 N–H and O–H groups in total. The highest BCUT2D eigenvalue weighted by atomic mass is 79.9. The topological polar surface area (TPSA) is 38.3 Å². The molecule has 4 heteroatoms. The minimum atomic E-state index is -0.254. The lowest BCUT2D eigenvalue weighted by molar-refractivity contribution is -0.136. The summed E-state index contributed by atoms with van der Waals surface area (Å²) < 4.78 is 5.80. The number of anilines is 1. The molecule has 0 spiro atoms. The van der Waals surface area contributed by atoms with Gasteiger partial charge in [-0.2, -0.15) is 0 Å². The average Bonchev–Trinajstić information content (AvgIpc) is 2.44. The van der Waals surface area contributed by atoms with E-state index in [4.69, 9.17) is 4.74 Å². The third-order valence-corrected chi connectivity index (χ3v) is 3.41. The molecule has 0 atom stereocenters. The van der Waals surface area contributed by atoms with E-state index in [0.29, 0.717) is 18.5 Å². The molecule has 0 amide bonds. The Morgan fingerprint density at radius 2 is 2.16 bits per heavy atom. The largest absolute Gasteiger partial charge is 0.466 e. The second-order valence-electron chi connectivity index (χ2n) is 4.11. The van der Waals surface area contributed by atoms with Crippen LogP contribution in [0.1, 0.15) is 25.8 Å². The number of hydrogen-bond donors (Lipinski definition) is 1. The van der Waals surface area contributed by atoms with Gasteiger partial charge in [0.25, 0.3) is 0 Å².